The second-order valence-corrected chi connectivity index (χ2v) is 5.60. The Kier molecular flexibility index (Phi) is 4.37. The molecule has 0 aliphatic carbocycles. The molecule has 1 aromatic rings. The molecule has 1 unspecified atom stereocenters. The molecule has 3 heterocycles. The molecule has 1 aromatic heterocycles. The number of rotatable bonds is 4. The first kappa shape index (κ1) is 14.7. The number of nitrogens with one attached hydrogen (secondary N) is 1. The number of aromatic nitrogens is 2. The van der Waals surface area contributed by atoms with Gasteiger partial charge in [0.15, 0.2) is 5.79 Å². The highest BCUT2D eigenvalue weighted by Crippen LogP contribution is 2.33. The maximum Gasteiger partial charge on any atom is 0.173 e. The molecule has 0 saturated carbocycles. The van der Waals surface area contributed by atoms with Crippen molar-refractivity contribution in [2.24, 2.45) is 0 Å². The van der Waals surface area contributed by atoms with E-state index in [9.17, 15) is 0 Å². The average Bonchev–Trinajstić information content (AvgIpc) is 2.88. The first-order valence-electron chi connectivity index (χ1n) is 7.67. The van der Waals surface area contributed by atoms with Crippen molar-refractivity contribution in [2.75, 3.05) is 31.7 Å². The Labute approximate surface area is 125 Å². The first-order valence-corrected chi connectivity index (χ1v) is 7.67. The van der Waals surface area contributed by atoms with E-state index in [1.165, 1.54) is 0 Å². The number of anilines is 1. The van der Waals surface area contributed by atoms with Gasteiger partial charge in [0.25, 0.3) is 0 Å². The summed E-state index contributed by atoms with van der Waals surface area (Å²) < 4.78 is 17.3. The lowest BCUT2D eigenvalue weighted by Gasteiger charge is -2.31. The predicted octanol–water partition coefficient (Wildman–Crippen LogP) is 1.68. The van der Waals surface area contributed by atoms with Crippen LogP contribution in [0.15, 0.2) is 6.07 Å². The second kappa shape index (κ2) is 6.25. The van der Waals surface area contributed by atoms with Gasteiger partial charge < -0.3 is 19.5 Å². The van der Waals surface area contributed by atoms with Crippen molar-refractivity contribution in [1.29, 1.82) is 0 Å². The third kappa shape index (κ3) is 3.51. The molecule has 1 atom stereocenters. The lowest BCUT2D eigenvalue weighted by atomic mass is 10.1. The molecule has 2 fully saturated rings. The van der Waals surface area contributed by atoms with Crippen molar-refractivity contribution < 1.29 is 14.2 Å². The SMILES string of the molecule is CCc1cc(NCC2COC3(CCOCC3)O2)nc(C)n1. The van der Waals surface area contributed by atoms with Crippen molar-refractivity contribution in [3.05, 3.63) is 17.6 Å². The molecule has 0 bridgehead atoms. The molecule has 2 aliphatic heterocycles. The second-order valence-electron chi connectivity index (χ2n) is 5.60. The van der Waals surface area contributed by atoms with Gasteiger partial charge in [0.2, 0.25) is 0 Å². The predicted molar refractivity (Wildman–Crippen MR) is 78.2 cm³/mol. The molecule has 0 aromatic carbocycles. The summed E-state index contributed by atoms with van der Waals surface area (Å²) in [5.74, 6) is 1.23. The van der Waals surface area contributed by atoms with Crippen LogP contribution in [0.4, 0.5) is 5.82 Å². The molecule has 116 valence electrons. The van der Waals surface area contributed by atoms with Crippen LogP contribution < -0.4 is 5.32 Å². The van der Waals surface area contributed by atoms with E-state index < -0.39 is 5.79 Å². The fraction of sp³-hybridized carbons (Fsp3) is 0.733. The third-order valence-electron chi connectivity index (χ3n) is 3.93. The number of hydrogen-bond donors (Lipinski definition) is 1. The lowest BCUT2D eigenvalue weighted by molar-refractivity contribution is -0.209. The normalized spacial score (nSPS) is 24.4. The Balaban J connectivity index is 1.55. The van der Waals surface area contributed by atoms with Crippen LogP contribution in [0.2, 0.25) is 0 Å². The molecule has 1 spiro atoms. The zero-order chi connectivity index (χ0) is 14.7. The zero-order valence-electron chi connectivity index (χ0n) is 12.7. The summed E-state index contributed by atoms with van der Waals surface area (Å²) in [4.78, 5) is 8.79. The van der Waals surface area contributed by atoms with Crippen molar-refractivity contribution in [3.8, 4) is 0 Å². The minimum absolute atomic E-state index is 0.0587. The minimum atomic E-state index is -0.416. The van der Waals surface area contributed by atoms with Gasteiger partial charge in [-0.2, -0.15) is 0 Å². The summed E-state index contributed by atoms with van der Waals surface area (Å²) in [6, 6.07) is 1.99. The van der Waals surface area contributed by atoms with Gasteiger partial charge in [-0.3, -0.25) is 0 Å². The van der Waals surface area contributed by atoms with Gasteiger partial charge in [0.1, 0.15) is 17.7 Å². The molecule has 0 radical (unpaired) electrons. The Morgan fingerprint density at radius 2 is 2.14 bits per heavy atom. The Bertz CT molecular complexity index is 489. The molecule has 1 N–H and O–H groups in total. The van der Waals surface area contributed by atoms with Gasteiger partial charge in [-0.15, -0.1) is 0 Å². The average molecular weight is 293 g/mol. The summed E-state index contributed by atoms with van der Waals surface area (Å²) in [6.45, 7) is 6.75. The smallest absolute Gasteiger partial charge is 0.173 e. The Hall–Kier alpha value is -1.24. The largest absolute Gasteiger partial charge is 0.381 e. The number of ether oxygens (including phenoxy) is 3. The van der Waals surface area contributed by atoms with E-state index in [1.807, 2.05) is 13.0 Å². The van der Waals surface area contributed by atoms with Crippen LogP contribution in [0, 0.1) is 6.92 Å². The monoisotopic (exact) mass is 293 g/mol. The zero-order valence-corrected chi connectivity index (χ0v) is 12.7. The van der Waals surface area contributed by atoms with Crippen molar-refractivity contribution in [3.63, 3.8) is 0 Å². The maximum atomic E-state index is 6.09. The van der Waals surface area contributed by atoms with Crippen LogP contribution in [-0.4, -0.2) is 48.2 Å². The van der Waals surface area contributed by atoms with Crippen LogP contribution in [0.3, 0.4) is 0 Å². The fourth-order valence-corrected chi connectivity index (χ4v) is 2.78. The molecule has 21 heavy (non-hydrogen) atoms. The fourth-order valence-electron chi connectivity index (χ4n) is 2.78. The van der Waals surface area contributed by atoms with Crippen LogP contribution >= 0.6 is 0 Å². The van der Waals surface area contributed by atoms with Gasteiger partial charge in [0, 0.05) is 31.1 Å². The van der Waals surface area contributed by atoms with E-state index in [1.54, 1.807) is 0 Å². The van der Waals surface area contributed by atoms with E-state index in [4.69, 9.17) is 14.2 Å². The molecule has 2 aliphatic rings. The van der Waals surface area contributed by atoms with E-state index in [2.05, 4.69) is 22.2 Å². The van der Waals surface area contributed by atoms with Crippen LogP contribution in [0.5, 0.6) is 0 Å². The standard InChI is InChI=1S/C15H23N3O3/c1-3-12-8-14(18-11(2)17-12)16-9-13-10-20-15(21-13)4-6-19-7-5-15/h8,13H,3-7,9-10H2,1-2H3,(H,16,17,18). The molecule has 6 nitrogen and oxygen atoms in total. The van der Waals surface area contributed by atoms with Gasteiger partial charge in [-0.1, -0.05) is 6.92 Å². The number of hydrogen-bond acceptors (Lipinski definition) is 6. The maximum absolute atomic E-state index is 6.09. The number of nitrogens with zero attached hydrogens (tertiary/aromatic N) is 2. The molecular weight excluding hydrogens is 270 g/mol. The molecule has 2 saturated heterocycles. The Morgan fingerprint density at radius 3 is 2.90 bits per heavy atom. The van der Waals surface area contributed by atoms with Crippen molar-refractivity contribution in [1.82, 2.24) is 9.97 Å². The summed E-state index contributed by atoms with van der Waals surface area (Å²) in [5, 5.41) is 3.34. The number of aryl methyl sites for hydroxylation is 2. The summed E-state index contributed by atoms with van der Waals surface area (Å²) in [5.41, 5.74) is 1.05. The molecule has 3 rings (SSSR count). The van der Waals surface area contributed by atoms with Crippen molar-refractivity contribution >= 4 is 5.82 Å². The minimum Gasteiger partial charge on any atom is -0.381 e. The van der Waals surface area contributed by atoms with Gasteiger partial charge in [-0.25, -0.2) is 9.97 Å². The Morgan fingerprint density at radius 1 is 1.33 bits per heavy atom. The van der Waals surface area contributed by atoms with Crippen LogP contribution in [0.25, 0.3) is 0 Å². The highest BCUT2D eigenvalue weighted by Gasteiger charge is 2.42. The molecule has 0 amide bonds. The topological polar surface area (TPSA) is 65.5 Å². The summed E-state index contributed by atoms with van der Waals surface area (Å²) in [6.07, 6.45) is 2.60. The van der Waals surface area contributed by atoms with E-state index in [0.717, 1.165) is 36.6 Å². The highest BCUT2D eigenvalue weighted by molar-refractivity contribution is 5.36. The van der Waals surface area contributed by atoms with E-state index in [-0.39, 0.29) is 6.10 Å². The summed E-state index contributed by atoms with van der Waals surface area (Å²) >= 11 is 0. The highest BCUT2D eigenvalue weighted by atomic mass is 16.7. The third-order valence-corrected chi connectivity index (χ3v) is 3.93. The van der Waals surface area contributed by atoms with Crippen LogP contribution in [-0.2, 0) is 20.6 Å². The van der Waals surface area contributed by atoms with Gasteiger partial charge >= 0.3 is 0 Å². The molecule has 6 heteroatoms. The van der Waals surface area contributed by atoms with Gasteiger partial charge in [-0.05, 0) is 13.3 Å². The van der Waals surface area contributed by atoms with E-state index >= 15 is 0 Å². The summed E-state index contributed by atoms with van der Waals surface area (Å²) in [7, 11) is 0. The van der Waals surface area contributed by atoms with Crippen molar-refractivity contribution in [2.45, 2.75) is 45.0 Å². The quantitative estimate of drug-likeness (QED) is 0.911. The first-order chi connectivity index (χ1) is 10.2. The van der Waals surface area contributed by atoms with Gasteiger partial charge in [0.05, 0.1) is 19.8 Å². The molecular formula is C15H23N3O3. The lowest BCUT2D eigenvalue weighted by Crippen LogP contribution is -2.38. The van der Waals surface area contributed by atoms with E-state index in [0.29, 0.717) is 26.4 Å². The van der Waals surface area contributed by atoms with Crippen LogP contribution in [0.1, 0.15) is 31.3 Å².